The molecule has 2 heterocycles. The zero-order valence-electron chi connectivity index (χ0n) is 21.4. The number of carbonyl (C=O) groups is 2. The van der Waals surface area contributed by atoms with Gasteiger partial charge in [-0.05, 0) is 54.5 Å². The maximum Gasteiger partial charge on any atom is 0.254 e. The van der Waals surface area contributed by atoms with E-state index >= 15 is 0 Å². The second kappa shape index (κ2) is 10.6. The number of methoxy groups -OCH3 is 3. The Balaban J connectivity index is 1.90. The van der Waals surface area contributed by atoms with Crippen LogP contribution in [-0.2, 0) is 4.79 Å². The molecule has 0 aliphatic carbocycles. The molecule has 0 radical (unpaired) electrons. The molecular formula is C28H36N2O5. The van der Waals surface area contributed by atoms with E-state index in [1.54, 1.807) is 21.3 Å². The Labute approximate surface area is 207 Å². The van der Waals surface area contributed by atoms with E-state index in [2.05, 4.69) is 6.92 Å². The Kier molecular flexibility index (Phi) is 7.53. The van der Waals surface area contributed by atoms with E-state index in [0.29, 0.717) is 35.3 Å². The maximum absolute atomic E-state index is 14.2. The van der Waals surface area contributed by atoms with Gasteiger partial charge >= 0.3 is 0 Å². The van der Waals surface area contributed by atoms with E-state index in [9.17, 15) is 9.59 Å². The monoisotopic (exact) mass is 480 g/mol. The fourth-order valence-electron chi connectivity index (χ4n) is 5.41. The first-order valence-electron chi connectivity index (χ1n) is 12.4. The summed E-state index contributed by atoms with van der Waals surface area (Å²) in [7, 11) is 4.71. The number of carbonyl (C=O) groups excluding carboxylic acids is 2. The number of ether oxygens (including phenoxy) is 3. The van der Waals surface area contributed by atoms with Crippen LogP contribution in [0, 0.1) is 5.92 Å². The molecule has 0 N–H and O–H groups in total. The molecule has 0 bridgehead atoms. The summed E-state index contributed by atoms with van der Waals surface area (Å²) in [6.45, 7) is 6.29. The quantitative estimate of drug-likeness (QED) is 0.577. The van der Waals surface area contributed by atoms with Crippen molar-refractivity contribution in [3.8, 4) is 17.2 Å². The fraction of sp³-hybridized carbons (Fsp3) is 0.500. The van der Waals surface area contributed by atoms with Gasteiger partial charge in [0.15, 0.2) is 11.5 Å². The molecule has 4 rings (SSSR count). The highest BCUT2D eigenvalue weighted by atomic mass is 16.5. The predicted molar refractivity (Wildman–Crippen MR) is 134 cm³/mol. The number of piperidine rings is 1. The van der Waals surface area contributed by atoms with Gasteiger partial charge in [0.1, 0.15) is 0 Å². The highest BCUT2D eigenvalue weighted by molar-refractivity contribution is 6.01. The van der Waals surface area contributed by atoms with Crippen LogP contribution in [0.25, 0.3) is 0 Å². The first-order valence-corrected chi connectivity index (χ1v) is 12.4. The SMILES string of the molecule is CCCN1C(=O)c2ccccc2[C@H](C(=O)N2CCC(C)CC2)[C@@H]1c1cc(OC)c(OC)c(OC)c1. The number of nitrogens with zero attached hydrogens (tertiary/aromatic N) is 2. The molecule has 1 fully saturated rings. The van der Waals surface area contributed by atoms with E-state index in [1.165, 1.54) is 0 Å². The summed E-state index contributed by atoms with van der Waals surface area (Å²) in [5.74, 6) is 1.59. The zero-order valence-corrected chi connectivity index (χ0v) is 21.4. The van der Waals surface area contributed by atoms with Crippen LogP contribution in [0.4, 0.5) is 0 Å². The molecule has 35 heavy (non-hydrogen) atoms. The number of hydrogen-bond acceptors (Lipinski definition) is 5. The van der Waals surface area contributed by atoms with Crippen LogP contribution in [0.3, 0.4) is 0 Å². The molecule has 7 heteroatoms. The average molecular weight is 481 g/mol. The molecule has 2 aromatic carbocycles. The lowest BCUT2D eigenvalue weighted by Gasteiger charge is -2.44. The van der Waals surface area contributed by atoms with Crippen LogP contribution in [0.1, 0.15) is 66.6 Å². The van der Waals surface area contributed by atoms with Crippen molar-refractivity contribution in [1.29, 1.82) is 0 Å². The van der Waals surface area contributed by atoms with Crippen molar-refractivity contribution in [3.05, 3.63) is 53.1 Å². The number of amides is 2. The number of fused-ring (bicyclic) bond motifs is 1. The van der Waals surface area contributed by atoms with E-state index < -0.39 is 12.0 Å². The highest BCUT2D eigenvalue weighted by Crippen LogP contribution is 2.48. The van der Waals surface area contributed by atoms with Crippen LogP contribution in [0.5, 0.6) is 17.2 Å². The largest absolute Gasteiger partial charge is 0.493 e. The summed E-state index contributed by atoms with van der Waals surface area (Å²) in [6, 6.07) is 10.8. The molecule has 0 spiro atoms. The second-order valence-corrected chi connectivity index (χ2v) is 9.47. The van der Waals surface area contributed by atoms with E-state index in [-0.39, 0.29) is 11.8 Å². The number of likely N-dealkylation sites (tertiary alicyclic amines) is 1. The molecule has 188 valence electrons. The third kappa shape index (κ3) is 4.56. The summed E-state index contributed by atoms with van der Waals surface area (Å²) in [5.41, 5.74) is 2.18. The first kappa shape index (κ1) is 24.9. The van der Waals surface area contributed by atoms with Gasteiger partial charge < -0.3 is 24.0 Å². The van der Waals surface area contributed by atoms with E-state index in [1.807, 2.05) is 53.1 Å². The van der Waals surface area contributed by atoms with Crippen LogP contribution in [0.2, 0.25) is 0 Å². The van der Waals surface area contributed by atoms with Crippen molar-refractivity contribution in [1.82, 2.24) is 9.80 Å². The Morgan fingerprint density at radius 1 is 1.00 bits per heavy atom. The average Bonchev–Trinajstić information content (AvgIpc) is 2.89. The molecule has 2 aliphatic rings. The van der Waals surface area contributed by atoms with Crippen molar-refractivity contribution in [2.45, 2.75) is 45.1 Å². The minimum absolute atomic E-state index is 0.0579. The van der Waals surface area contributed by atoms with E-state index in [4.69, 9.17) is 14.2 Å². The normalized spacial score (nSPS) is 20.4. The van der Waals surface area contributed by atoms with Crippen LogP contribution < -0.4 is 14.2 Å². The molecule has 2 aliphatic heterocycles. The summed E-state index contributed by atoms with van der Waals surface area (Å²) < 4.78 is 16.8. The van der Waals surface area contributed by atoms with Crippen LogP contribution in [0.15, 0.2) is 36.4 Å². The zero-order chi connectivity index (χ0) is 25.1. The third-order valence-electron chi connectivity index (χ3n) is 7.29. The van der Waals surface area contributed by atoms with Crippen LogP contribution in [-0.4, -0.2) is 62.6 Å². The van der Waals surface area contributed by atoms with Crippen molar-refractivity contribution < 1.29 is 23.8 Å². The van der Waals surface area contributed by atoms with E-state index in [0.717, 1.165) is 43.5 Å². The van der Waals surface area contributed by atoms with Gasteiger partial charge in [-0.1, -0.05) is 32.0 Å². The molecule has 2 atom stereocenters. The lowest BCUT2D eigenvalue weighted by atomic mass is 9.78. The fourth-order valence-corrected chi connectivity index (χ4v) is 5.41. The van der Waals surface area contributed by atoms with Crippen molar-refractivity contribution in [2.24, 2.45) is 5.92 Å². The number of benzene rings is 2. The van der Waals surface area contributed by atoms with Crippen molar-refractivity contribution >= 4 is 11.8 Å². The predicted octanol–water partition coefficient (Wildman–Crippen LogP) is 4.66. The smallest absolute Gasteiger partial charge is 0.254 e. The maximum atomic E-state index is 14.2. The summed E-state index contributed by atoms with van der Waals surface area (Å²) >= 11 is 0. The standard InChI is InChI=1S/C28H36N2O5/c1-6-13-30-25(19-16-22(33-3)26(35-5)23(17-19)34-4)24(20-9-7-8-10-21(20)27(30)31)28(32)29-14-11-18(2)12-15-29/h7-10,16-18,24-25H,6,11-15H2,1-5H3/t24-,25-/m0/s1. The molecule has 2 aromatic rings. The molecule has 0 aromatic heterocycles. The van der Waals surface area contributed by atoms with Gasteiger partial charge in [-0.2, -0.15) is 0 Å². The Morgan fingerprint density at radius 2 is 1.63 bits per heavy atom. The third-order valence-corrected chi connectivity index (χ3v) is 7.29. The van der Waals surface area contributed by atoms with Crippen LogP contribution >= 0.6 is 0 Å². The highest BCUT2D eigenvalue weighted by Gasteiger charge is 2.46. The number of rotatable bonds is 7. The topological polar surface area (TPSA) is 68.3 Å². The minimum atomic E-state index is -0.522. The molecule has 7 nitrogen and oxygen atoms in total. The lowest BCUT2D eigenvalue weighted by molar-refractivity contribution is -0.136. The Morgan fingerprint density at radius 3 is 2.20 bits per heavy atom. The Hall–Kier alpha value is -3.22. The Bertz CT molecular complexity index is 1050. The molecule has 1 saturated heterocycles. The minimum Gasteiger partial charge on any atom is -0.493 e. The van der Waals surface area contributed by atoms with Gasteiger partial charge in [-0.15, -0.1) is 0 Å². The van der Waals surface area contributed by atoms with Crippen molar-refractivity contribution in [2.75, 3.05) is 41.0 Å². The van der Waals surface area contributed by atoms with Gasteiger partial charge in [0.25, 0.3) is 5.91 Å². The summed E-state index contributed by atoms with van der Waals surface area (Å²) in [4.78, 5) is 31.7. The summed E-state index contributed by atoms with van der Waals surface area (Å²) in [5, 5.41) is 0. The molecule has 2 amide bonds. The molecular weight excluding hydrogens is 444 g/mol. The first-order chi connectivity index (χ1) is 16.9. The second-order valence-electron chi connectivity index (χ2n) is 9.47. The van der Waals surface area contributed by atoms with Gasteiger partial charge in [0.05, 0.1) is 33.3 Å². The number of hydrogen-bond donors (Lipinski definition) is 0. The van der Waals surface area contributed by atoms with Gasteiger partial charge in [0.2, 0.25) is 11.7 Å². The summed E-state index contributed by atoms with van der Waals surface area (Å²) in [6.07, 6.45) is 2.76. The molecule has 0 saturated carbocycles. The van der Waals surface area contributed by atoms with Gasteiger partial charge in [0, 0.05) is 25.2 Å². The van der Waals surface area contributed by atoms with Gasteiger partial charge in [-0.3, -0.25) is 9.59 Å². The van der Waals surface area contributed by atoms with Crippen molar-refractivity contribution in [3.63, 3.8) is 0 Å². The molecule has 0 unspecified atom stereocenters. The van der Waals surface area contributed by atoms with Gasteiger partial charge in [-0.25, -0.2) is 0 Å². The lowest BCUT2D eigenvalue weighted by Crippen LogP contribution is -2.49.